The van der Waals surface area contributed by atoms with E-state index in [0.717, 1.165) is 13.0 Å². The van der Waals surface area contributed by atoms with Gasteiger partial charge < -0.3 is 14.5 Å². The number of nitrogens with zero attached hydrogens (tertiary/aromatic N) is 3. The normalized spacial score (nSPS) is 18.4. The summed E-state index contributed by atoms with van der Waals surface area (Å²) < 4.78 is 5.42. The van der Waals surface area contributed by atoms with Gasteiger partial charge in [-0.25, -0.2) is 4.79 Å². The van der Waals surface area contributed by atoms with Crippen LogP contribution in [0.1, 0.15) is 31.9 Å². The predicted molar refractivity (Wildman–Crippen MR) is 99.8 cm³/mol. The number of hydrogen-bond donors (Lipinski definition) is 0. The van der Waals surface area contributed by atoms with E-state index < -0.39 is 5.60 Å². The van der Waals surface area contributed by atoms with Gasteiger partial charge in [0, 0.05) is 39.3 Å². The smallest absolute Gasteiger partial charge is 0.410 e. The molecule has 26 heavy (non-hydrogen) atoms. The average Bonchev–Trinajstić information content (AvgIpc) is 2.60. The van der Waals surface area contributed by atoms with E-state index >= 15 is 0 Å². The Labute approximate surface area is 155 Å². The third-order valence-electron chi connectivity index (χ3n) is 4.87. The van der Waals surface area contributed by atoms with Gasteiger partial charge in [0.15, 0.2) is 0 Å². The summed E-state index contributed by atoms with van der Waals surface area (Å²) in [7, 11) is 0. The van der Waals surface area contributed by atoms with Crippen molar-refractivity contribution in [3.63, 3.8) is 0 Å². The Morgan fingerprint density at radius 2 is 1.62 bits per heavy atom. The highest BCUT2D eigenvalue weighted by atomic mass is 16.6. The van der Waals surface area contributed by atoms with Crippen molar-refractivity contribution in [1.29, 1.82) is 0 Å². The summed E-state index contributed by atoms with van der Waals surface area (Å²) in [6.07, 6.45) is 0.657. The van der Waals surface area contributed by atoms with Crippen LogP contribution < -0.4 is 0 Å². The minimum absolute atomic E-state index is 0.172. The van der Waals surface area contributed by atoms with E-state index in [4.69, 9.17) is 4.74 Å². The van der Waals surface area contributed by atoms with Gasteiger partial charge in [0.1, 0.15) is 5.60 Å². The monoisotopic (exact) mass is 359 g/mol. The molecule has 2 amide bonds. The first-order chi connectivity index (χ1) is 12.3. The molecule has 1 fully saturated rings. The van der Waals surface area contributed by atoms with Crippen LogP contribution in [0, 0.1) is 0 Å². The number of fused-ring (bicyclic) bond motifs is 1. The number of hydrogen-bond acceptors (Lipinski definition) is 4. The molecule has 2 aliphatic heterocycles. The molecule has 2 heterocycles. The highest BCUT2D eigenvalue weighted by Crippen LogP contribution is 2.19. The van der Waals surface area contributed by atoms with Crippen molar-refractivity contribution < 1.29 is 14.3 Å². The third kappa shape index (κ3) is 4.75. The van der Waals surface area contributed by atoms with Crippen LogP contribution in [0.4, 0.5) is 4.79 Å². The lowest BCUT2D eigenvalue weighted by atomic mass is 10.00. The van der Waals surface area contributed by atoms with Crippen molar-refractivity contribution >= 4 is 12.0 Å². The van der Waals surface area contributed by atoms with Crippen molar-refractivity contribution in [3.05, 3.63) is 35.4 Å². The number of rotatable bonds is 2. The van der Waals surface area contributed by atoms with Crippen LogP contribution in [-0.2, 0) is 22.5 Å². The maximum absolute atomic E-state index is 12.7. The zero-order valence-electron chi connectivity index (χ0n) is 16.0. The topological polar surface area (TPSA) is 53.1 Å². The third-order valence-corrected chi connectivity index (χ3v) is 4.87. The standard InChI is InChI=1S/C20H29N3O3/c1-20(2,3)26-19(25)22-12-10-21(11-13-22)15-18(24)23-9-8-16-6-4-5-7-17(16)14-23/h4-7H,8-15H2,1-3H3. The Hall–Kier alpha value is -2.08. The lowest BCUT2D eigenvalue weighted by molar-refractivity contribution is -0.133. The Bertz CT molecular complexity index is 661. The van der Waals surface area contributed by atoms with Gasteiger partial charge >= 0.3 is 6.09 Å². The zero-order chi connectivity index (χ0) is 18.7. The highest BCUT2D eigenvalue weighted by Gasteiger charge is 2.28. The summed E-state index contributed by atoms with van der Waals surface area (Å²) in [5.41, 5.74) is 2.12. The summed E-state index contributed by atoms with van der Waals surface area (Å²) in [6.45, 7) is 10.1. The molecule has 1 aromatic carbocycles. The second-order valence-corrected chi connectivity index (χ2v) is 8.08. The Morgan fingerprint density at radius 1 is 0.962 bits per heavy atom. The lowest BCUT2D eigenvalue weighted by Gasteiger charge is -2.36. The molecule has 3 rings (SSSR count). The van der Waals surface area contributed by atoms with Crippen molar-refractivity contribution in [3.8, 4) is 0 Å². The SMILES string of the molecule is CC(C)(C)OC(=O)N1CCN(CC(=O)N2CCc3ccccc3C2)CC1. The Morgan fingerprint density at radius 3 is 2.27 bits per heavy atom. The maximum Gasteiger partial charge on any atom is 0.410 e. The summed E-state index contributed by atoms with van der Waals surface area (Å²) >= 11 is 0. The van der Waals surface area contributed by atoms with Crippen molar-refractivity contribution in [2.24, 2.45) is 0 Å². The molecule has 0 radical (unpaired) electrons. The minimum atomic E-state index is -0.477. The highest BCUT2D eigenvalue weighted by molar-refractivity contribution is 5.78. The number of amides is 2. The summed E-state index contributed by atoms with van der Waals surface area (Å²) in [4.78, 5) is 30.6. The Balaban J connectivity index is 1.46. The molecule has 0 atom stereocenters. The first-order valence-corrected chi connectivity index (χ1v) is 9.37. The van der Waals surface area contributed by atoms with Crippen LogP contribution >= 0.6 is 0 Å². The first kappa shape index (κ1) is 18.7. The molecule has 142 valence electrons. The fourth-order valence-corrected chi connectivity index (χ4v) is 3.41. The largest absolute Gasteiger partial charge is 0.444 e. The van der Waals surface area contributed by atoms with E-state index in [1.54, 1.807) is 4.90 Å². The average molecular weight is 359 g/mol. The van der Waals surface area contributed by atoms with Crippen molar-refractivity contribution in [2.45, 2.75) is 39.3 Å². The summed E-state index contributed by atoms with van der Waals surface area (Å²) in [5, 5.41) is 0. The molecule has 1 saturated heterocycles. The van der Waals surface area contributed by atoms with Crippen LogP contribution in [0.25, 0.3) is 0 Å². The predicted octanol–water partition coefficient (Wildman–Crippen LogP) is 2.12. The lowest BCUT2D eigenvalue weighted by Crippen LogP contribution is -2.52. The molecular weight excluding hydrogens is 330 g/mol. The molecule has 6 nitrogen and oxygen atoms in total. The van der Waals surface area contributed by atoms with Crippen LogP contribution in [0.2, 0.25) is 0 Å². The van der Waals surface area contributed by atoms with Crippen LogP contribution in [0.5, 0.6) is 0 Å². The maximum atomic E-state index is 12.7. The zero-order valence-corrected chi connectivity index (χ0v) is 16.0. The van der Waals surface area contributed by atoms with Gasteiger partial charge in [-0.05, 0) is 38.3 Å². The number of benzene rings is 1. The number of ether oxygens (including phenoxy) is 1. The van der Waals surface area contributed by atoms with Gasteiger partial charge in [0.05, 0.1) is 6.54 Å². The fourth-order valence-electron chi connectivity index (χ4n) is 3.41. The van der Waals surface area contributed by atoms with E-state index in [0.29, 0.717) is 39.3 Å². The van der Waals surface area contributed by atoms with Crippen LogP contribution in [0.15, 0.2) is 24.3 Å². The summed E-state index contributed by atoms with van der Waals surface area (Å²) in [5.74, 6) is 0.172. The molecule has 0 saturated carbocycles. The van der Waals surface area contributed by atoms with Gasteiger partial charge in [-0.1, -0.05) is 24.3 Å². The molecule has 0 aromatic heterocycles. The first-order valence-electron chi connectivity index (χ1n) is 9.37. The second-order valence-electron chi connectivity index (χ2n) is 8.08. The molecule has 0 spiro atoms. The van der Waals surface area contributed by atoms with Crippen LogP contribution in [-0.4, -0.2) is 71.6 Å². The Kier molecular flexibility index (Phi) is 5.51. The van der Waals surface area contributed by atoms with Gasteiger partial charge in [-0.2, -0.15) is 0 Å². The van der Waals surface area contributed by atoms with E-state index in [1.165, 1.54) is 11.1 Å². The van der Waals surface area contributed by atoms with Crippen molar-refractivity contribution in [2.75, 3.05) is 39.3 Å². The fraction of sp³-hybridized carbons (Fsp3) is 0.600. The van der Waals surface area contributed by atoms with Crippen LogP contribution in [0.3, 0.4) is 0 Å². The van der Waals surface area contributed by atoms with Gasteiger partial charge in [0.2, 0.25) is 5.91 Å². The molecule has 0 bridgehead atoms. The van der Waals surface area contributed by atoms with Gasteiger partial charge in [-0.15, -0.1) is 0 Å². The summed E-state index contributed by atoms with van der Waals surface area (Å²) in [6, 6.07) is 8.34. The minimum Gasteiger partial charge on any atom is -0.444 e. The number of piperazine rings is 1. The van der Waals surface area contributed by atoms with Gasteiger partial charge in [0.25, 0.3) is 0 Å². The van der Waals surface area contributed by atoms with Gasteiger partial charge in [-0.3, -0.25) is 9.69 Å². The van der Waals surface area contributed by atoms with Crippen molar-refractivity contribution in [1.82, 2.24) is 14.7 Å². The molecule has 1 aromatic rings. The quantitative estimate of drug-likeness (QED) is 0.812. The second kappa shape index (κ2) is 7.66. The molecule has 0 unspecified atom stereocenters. The molecular formula is C20H29N3O3. The number of carbonyl (C=O) groups excluding carboxylic acids is 2. The van der Waals surface area contributed by atoms with E-state index in [2.05, 4.69) is 23.1 Å². The van der Waals surface area contributed by atoms with E-state index in [1.807, 2.05) is 31.7 Å². The van der Waals surface area contributed by atoms with E-state index in [-0.39, 0.29) is 12.0 Å². The molecule has 2 aliphatic rings. The molecule has 6 heteroatoms. The number of carbonyl (C=O) groups is 2. The molecule has 0 N–H and O–H groups in total. The van der Waals surface area contributed by atoms with E-state index in [9.17, 15) is 9.59 Å². The molecule has 0 aliphatic carbocycles.